The van der Waals surface area contributed by atoms with Crippen LogP contribution in [0.15, 0.2) is 24.3 Å². The van der Waals surface area contributed by atoms with E-state index in [0.29, 0.717) is 5.69 Å². The summed E-state index contributed by atoms with van der Waals surface area (Å²) in [5, 5.41) is 2.50. The number of rotatable bonds is 6. The molecule has 1 aromatic carbocycles. The summed E-state index contributed by atoms with van der Waals surface area (Å²) in [4.78, 5) is 52.0. The number of carbonyl (C=O) groups is 4. The zero-order valence-electron chi connectivity index (χ0n) is 17.0. The first-order valence-electron chi connectivity index (χ1n) is 10.4. The largest absolute Gasteiger partial charge is 0.454 e. The molecule has 0 unspecified atom stereocenters. The Balaban J connectivity index is 1.41. The van der Waals surface area contributed by atoms with Crippen molar-refractivity contribution >= 4 is 29.4 Å². The second-order valence-corrected chi connectivity index (χ2v) is 8.78. The maximum atomic E-state index is 13.0. The van der Waals surface area contributed by atoms with Crippen molar-refractivity contribution in [2.45, 2.75) is 39.2 Å². The van der Waals surface area contributed by atoms with E-state index < -0.39 is 30.3 Å². The molecule has 2 aliphatic carbocycles. The van der Waals surface area contributed by atoms with Gasteiger partial charge in [0.1, 0.15) is 11.9 Å². The SMILES string of the molecule is CC(C)[C@H](C(=O)OCC(=O)Nc1ccc(F)cc1)N1C(=O)[C@@H]2[C@H]3CC[C@@H](C3)[C@@H]2C1=O. The second-order valence-electron chi connectivity index (χ2n) is 8.78. The summed E-state index contributed by atoms with van der Waals surface area (Å²) >= 11 is 0. The highest BCUT2D eigenvalue weighted by atomic mass is 19.1. The van der Waals surface area contributed by atoms with Gasteiger partial charge in [0.2, 0.25) is 11.8 Å². The van der Waals surface area contributed by atoms with Gasteiger partial charge in [0, 0.05) is 5.69 Å². The number of hydrogen-bond donors (Lipinski definition) is 1. The molecule has 1 aromatic rings. The molecule has 1 N–H and O–H groups in total. The third-order valence-corrected chi connectivity index (χ3v) is 6.59. The topological polar surface area (TPSA) is 92.8 Å². The van der Waals surface area contributed by atoms with E-state index >= 15 is 0 Å². The lowest BCUT2D eigenvalue weighted by Gasteiger charge is -2.28. The van der Waals surface area contributed by atoms with Gasteiger partial charge in [-0.05, 0) is 61.3 Å². The third kappa shape index (κ3) is 3.48. The second kappa shape index (κ2) is 7.81. The van der Waals surface area contributed by atoms with Crippen LogP contribution >= 0.6 is 0 Å². The van der Waals surface area contributed by atoms with E-state index in [0.717, 1.165) is 24.2 Å². The zero-order chi connectivity index (χ0) is 21.6. The van der Waals surface area contributed by atoms with E-state index in [9.17, 15) is 23.6 Å². The molecule has 7 nitrogen and oxygen atoms in total. The van der Waals surface area contributed by atoms with Crippen LogP contribution in [0.5, 0.6) is 0 Å². The number of fused-ring (bicyclic) bond motifs is 5. The number of imide groups is 1. The molecule has 160 valence electrons. The molecule has 30 heavy (non-hydrogen) atoms. The first-order chi connectivity index (χ1) is 14.3. The Hall–Kier alpha value is -2.77. The van der Waals surface area contributed by atoms with Crippen molar-refractivity contribution in [2.75, 3.05) is 11.9 Å². The quantitative estimate of drug-likeness (QED) is 0.568. The van der Waals surface area contributed by atoms with E-state index in [1.165, 1.54) is 24.3 Å². The number of nitrogens with zero attached hydrogens (tertiary/aromatic N) is 1. The molecular weight excluding hydrogens is 391 g/mol. The standard InChI is InChI=1S/C22H25FN2O5/c1-11(2)19(22(29)30-10-16(26)24-15-7-5-14(23)6-8-15)25-20(27)17-12-3-4-13(9-12)18(17)21(25)28/h5-8,11-13,17-19H,3-4,9-10H2,1-2H3,(H,24,26)/t12-,13-,17-,18+,19+/m0/s1. The maximum Gasteiger partial charge on any atom is 0.330 e. The lowest BCUT2D eigenvalue weighted by atomic mass is 9.81. The van der Waals surface area contributed by atoms with Gasteiger partial charge in [-0.1, -0.05) is 13.8 Å². The van der Waals surface area contributed by atoms with E-state index in [4.69, 9.17) is 4.74 Å². The molecular formula is C22H25FN2O5. The minimum Gasteiger partial charge on any atom is -0.454 e. The van der Waals surface area contributed by atoms with Crippen LogP contribution in [0.3, 0.4) is 0 Å². The molecule has 1 saturated heterocycles. The number of esters is 1. The van der Waals surface area contributed by atoms with Gasteiger partial charge in [-0.15, -0.1) is 0 Å². The van der Waals surface area contributed by atoms with Crippen LogP contribution in [0, 0.1) is 35.4 Å². The van der Waals surface area contributed by atoms with Gasteiger partial charge in [-0.2, -0.15) is 0 Å². The van der Waals surface area contributed by atoms with Crippen molar-refractivity contribution in [1.29, 1.82) is 0 Å². The Labute approximate surface area is 173 Å². The fourth-order valence-corrected chi connectivity index (χ4v) is 5.33. The normalized spacial score (nSPS) is 28.1. The summed E-state index contributed by atoms with van der Waals surface area (Å²) in [6.45, 7) is 2.93. The summed E-state index contributed by atoms with van der Waals surface area (Å²) in [6.07, 6.45) is 2.83. The predicted molar refractivity (Wildman–Crippen MR) is 104 cm³/mol. The first-order valence-corrected chi connectivity index (χ1v) is 10.4. The number of likely N-dealkylation sites (tertiary alicyclic amines) is 1. The fourth-order valence-electron chi connectivity index (χ4n) is 5.33. The lowest BCUT2D eigenvalue weighted by Crippen LogP contribution is -2.50. The Bertz CT molecular complexity index is 856. The van der Waals surface area contributed by atoms with Crippen LogP contribution in [-0.2, 0) is 23.9 Å². The van der Waals surface area contributed by atoms with Gasteiger partial charge in [0.25, 0.3) is 5.91 Å². The number of ether oxygens (including phenoxy) is 1. The average Bonchev–Trinajstić information content (AvgIpc) is 3.38. The van der Waals surface area contributed by atoms with Gasteiger partial charge >= 0.3 is 5.97 Å². The number of hydrogen-bond acceptors (Lipinski definition) is 5. The number of benzene rings is 1. The van der Waals surface area contributed by atoms with E-state index in [1.54, 1.807) is 13.8 Å². The summed E-state index contributed by atoms with van der Waals surface area (Å²) in [5.41, 5.74) is 0.367. The molecule has 5 atom stereocenters. The predicted octanol–water partition coefficient (Wildman–Crippen LogP) is 2.36. The van der Waals surface area contributed by atoms with Gasteiger partial charge in [-0.25, -0.2) is 9.18 Å². The Kier molecular flexibility index (Phi) is 5.34. The molecule has 3 aliphatic rings. The molecule has 3 fully saturated rings. The van der Waals surface area contributed by atoms with Crippen LogP contribution in [0.2, 0.25) is 0 Å². The van der Waals surface area contributed by atoms with Crippen molar-refractivity contribution in [3.05, 3.63) is 30.1 Å². The smallest absolute Gasteiger partial charge is 0.330 e. The van der Waals surface area contributed by atoms with Crippen LogP contribution in [-0.4, -0.2) is 41.2 Å². The highest BCUT2D eigenvalue weighted by molar-refractivity contribution is 6.08. The summed E-state index contributed by atoms with van der Waals surface area (Å²) in [6, 6.07) is 4.13. The van der Waals surface area contributed by atoms with Crippen LogP contribution in [0.1, 0.15) is 33.1 Å². The Morgan fingerprint density at radius 3 is 2.20 bits per heavy atom. The molecule has 0 aromatic heterocycles. The molecule has 0 spiro atoms. The Morgan fingerprint density at radius 2 is 1.67 bits per heavy atom. The van der Waals surface area contributed by atoms with Crippen molar-refractivity contribution in [2.24, 2.45) is 29.6 Å². The molecule has 2 saturated carbocycles. The van der Waals surface area contributed by atoms with Gasteiger partial charge in [0.05, 0.1) is 11.8 Å². The van der Waals surface area contributed by atoms with Gasteiger partial charge < -0.3 is 10.1 Å². The lowest BCUT2D eigenvalue weighted by molar-refractivity contribution is -0.162. The highest BCUT2D eigenvalue weighted by Crippen LogP contribution is 2.56. The summed E-state index contributed by atoms with van der Waals surface area (Å²) in [5.74, 6) is -2.86. The molecule has 2 bridgehead atoms. The van der Waals surface area contributed by atoms with Crippen molar-refractivity contribution in [1.82, 2.24) is 4.90 Å². The van der Waals surface area contributed by atoms with E-state index in [2.05, 4.69) is 5.32 Å². The number of nitrogens with one attached hydrogen (secondary N) is 1. The van der Waals surface area contributed by atoms with Crippen LogP contribution < -0.4 is 5.32 Å². The van der Waals surface area contributed by atoms with E-state index in [1.807, 2.05) is 0 Å². The molecule has 4 rings (SSSR count). The van der Waals surface area contributed by atoms with Crippen LogP contribution in [0.4, 0.5) is 10.1 Å². The molecule has 3 amide bonds. The first kappa shape index (κ1) is 20.5. The molecule has 8 heteroatoms. The number of anilines is 1. The minimum absolute atomic E-state index is 0.228. The number of carbonyl (C=O) groups excluding carboxylic acids is 4. The van der Waals surface area contributed by atoms with Gasteiger partial charge in [0.15, 0.2) is 6.61 Å². The highest BCUT2D eigenvalue weighted by Gasteiger charge is 2.62. The summed E-state index contributed by atoms with van der Waals surface area (Å²) in [7, 11) is 0. The fraction of sp³-hybridized carbons (Fsp3) is 0.545. The van der Waals surface area contributed by atoms with Crippen molar-refractivity contribution in [3.63, 3.8) is 0 Å². The van der Waals surface area contributed by atoms with E-state index in [-0.39, 0.29) is 41.4 Å². The van der Waals surface area contributed by atoms with Crippen molar-refractivity contribution < 1.29 is 28.3 Å². The maximum absolute atomic E-state index is 13.0. The van der Waals surface area contributed by atoms with Crippen molar-refractivity contribution in [3.8, 4) is 0 Å². The summed E-state index contributed by atoms with van der Waals surface area (Å²) < 4.78 is 18.1. The zero-order valence-corrected chi connectivity index (χ0v) is 17.0. The average molecular weight is 416 g/mol. The molecule has 1 aliphatic heterocycles. The van der Waals surface area contributed by atoms with Crippen LogP contribution in [0.25, 0.3) is 0 Å². The number of amides is 3. The number of halogens is 1. The van der Waals surface area contributed by atoms with Gasteiger partial charge in [-0.3, -0.25) is 19.3 Å². The Morgan fingerprint density at radius 1 is 1.10 bits per heavy atom. The molecule has 1 heterocycles. The third-order valence-electron chi connectivity index (χ3n) is 6.59. The monoisotopic (exact) mass is 416 g/mol. The molecule has 0 radical (unpaired) electrons. The minimum atomic E-state index is -1.05.